The van der Waals surface area contributed by atoms with Gasteiger partial charge in [0.2, 0.25) is 5.95 Å². The van der Waals surface area contributed by atoms with Gasteiger partial charge in [-0.25, -0.2) is 14.2 Å². The van der Waals surface area contributed by atoms with E-state index < -0.39 is 11.8 Å². The molecule has 0 saturated heterocycles. The molecule has 0 spiro atoms. The molecule has 0 radical (unpaired) electrons. The van der Waals surface area contributed by atoms with E-state index in [0.29, 0.717) is 28.0 Å². The second-order valence-corrected chi connectivity index (χ2v) is 10.1. The van der Waals surface area contributed by atoms with E-state index in [1.54, 1.807) is 12.1 Å². The second-order valence-electron chi connectivity index (χ2n) is 10.1. The van der Waals surface area contributed by atoms with Gasteiger partial charge in [-0.05, 0) is 49.4 Å². The zero-order valence-electron chi connectivity index (χ0n) is 20.8. The van der Waals surface area contributed by atoms with Crippen LogP contribution in [-0.2, 0) is 6.42 Å². The summed E-state index contributed by atoms with van der Waals surface area (Å²) in [6.07, 6.45) is 2.28. The summed E-state index contributed by atoms with van der Waals surface area (Å²) < 4.78 is 16.1. The third-order valence-corrected chi connectivity index (χ3v) is 5.43. The van der Waals surface area contributed by atoms with E-state index in [0.717, 1.165) is 12.1 Å². The molecule has 0 saturated carbocycles. The van der Waals surface area contributed by atoms with Gasteiger partial charge >= 0.3 is 6.03 Å². The normalized spacial score (nSPS) is 11.8. The Balaban J connectivity index is 1.63. The summed E-state index contributed by atoms with van der Waals surface area (Å²) in [5.74, 6) is -0.270. The summed E-state index contributed by atoms with van der Waals surface area (Å²) in [7, 11) is 0. The molecule has 2 amide bonds. The molecule has 3 aromatic heterocycles. The summed E-state index contributed by atoms with van der Waals surface area (Å²) in [6, 6.07) is 6.58. The molecule has 4 aromatic rings. The Kier molecular flexibility index (Phi) is 6.49. The number of aromatic amines is 1. The fourth-order valence-corrected chi connectivity index (χ4v) is 3.97. The van der Waals surface area contributed by atoms with Crippen LogP contribution in [-0.4, -0.2) is 30.8 Å². The van der Waals surface area contributed by atoms with Crippen molar-refractivity contribution in [3.8, 4) is 11.1 Å². The molecule has 5 N–H and O–H groups in total. The summed E-state index contributed by atoms with van der Waals surface area (Å²) in [4.78, 5) is 34.2. The van der Waals surface area contributed by atoms with E-state index in [1.165, 1.54) is 29.0 Å². The Labute approximate surface area is 207 Å². The monoisotopic (exact) mass is 492 g/mol. The number of rotatable bonds is 5. The van der Waals surface area contributed by atoms with Gasteiger partial charge in [-0.15, -0.1) is 0 Å². The number of fused-ring (bicyclic) bond motifs is 1. The highest BCUT2D eigenvalue weighted by Gasteiger charge is 2.18. The number of amides is 2. The van der Waals surface area contributed by atoms with E-state index >= 15 is 0 Å². The summed E-state index contributed by atoms with van der Waals surface area (Å²) >= 11 is 0. The number of nitrogen functional groups attached to an aromatic ring is 1. The van der Waals surface area contributed by atoms with Gasteiger partial charge < -0.3 is 11.1 Å². The molecular formula is C25H29FN8O2. The predicted octanol–water partition coefficient (Wildman–Crippen LogP) is 4.72. The molecular weight excluding hydrogens is 463 g/mol. The number of nitrogens with zero attached hydrogens (tertiary/aromatic N) is 4. The lowest BCUT2D eigenvalue weighted by Gasteiger charge is -2.16. The predicted molar refractivity (Wildman–Crippen MR) is 138 cm³/mol. The highest BCUT2D eigenvalue weighted by atomic mass is 19.1. The summed E-state index contributed by atoms with van der Waals surface area (Å²) in [6.45, 7) is 9.99. The zero-order chi connectivity index (χ0) is 26.2. The van der Waals surface area contributed by atoms with Crippen molar-refractivity contribution in [2.45, 2.75) is 47.1 Å². The molecule has 36 heavy (non-hydrogen) atoms. The molecule has 0 atom stereocenters. The summed E-state index contributed by atoms with van der Waals surface area (Å²) in [5, 5.41) is 12.7. The molecule has 11 heteroatoms. The van der Waals surface area contributed by atoms with Crippen LogP contribution in [0.15, 0.2) is 41.3 Å². The number of anilines is 3. The highest BCUT2D eigenvalue weighted by Crippen LogP contribution is 2.27. The quantitative estimate of drug-likeness (QED) is 0.317. The van der Waals surface area contributed by atoms with Crippen LogP contribution >= 0.6 is 0 Å². The van der Waals surface area contributed by atoms with Crippen molar-refractivity contribution < 1.29 is 9.18 Å². The maximum Gasteiger partial charge on any atom is 0.324 e. The number of carbonyl (C=O) groups is 1. The van der Waals surface area contributed by atoms with E-state index in [9.17, 15) is 14.0 Å². The molecule has 0 bridgehead atoms. The minimum absolute atomic E-state index is 0.0469. The number of pyridine rings is 1. The average molecular weight is 493 g/mol. The molecule has 10 nitrogen and oxygen atoms in total. The minimum Gasteiger partial charge on any atom is -0.368 e. The second kappa shape index (κ2) is 9.40. The number of benzene rings is 1. The van der Waals surface area contributed by atoms with Gasteiger partial charge in [0, 0.05) is 34.9 Å². The number of nitrogens with one attached hydrogen (secondary N) is 3. The number of H-pyrrole nitrogens is 1. The standard InChI is InChI=1S/C25H29FN8O2/c1-13(2)34-21-15(12-28-23(27)31-21)8-17(22(34)35)14-6-7-18(26)19(9-14)29-24(36)30-20-10-16(32-33-20)11-25(3,4)5/h6-10,12-13H,11H2,1-5H3,(H2,27,28,31)(H3,29,30,32,33,36). The van der Waals surface area contributed by atoms with Crippen molar-refractivity contribution in [1.82, 2.24) is 24.7 Å². The Bertz CT molecular complexity index is 1500. The molecule has 4 rings (SSSR count). The van der Waals surface area contributed by atoms with Gasteiger partial charge in [0.25, 0.3) is 5.56 Å². The number of nitrogens with two attached hydrogens (primary N) is 1. The first kappa shape index (κ1) is 24.8. The van der Waals surface area contributed by atoms with Gasteiger partial charge in [0.1, 0.15) is 11.5 Å². The van der Waals surface area contributed by atoms with Gasteiger partial charge in [0.15, 0.2) is 5.82 Å². The van der Waals surface area contributed by atoms with Gasteiger partial charge in [0.05, 0.1) is 5.69 Å². The molecule has 3 heterocycles. The number of halogens is 1. The number of urea groups is 1. The Morgan fingerprint density at radius 3 is 2.64 bits per heavy atom. The van der Waals surface area contributed by atoms with Crippen LogP contribution in [0.5, 0.6) is 0 Å². The van der Waals surface area contributed by atoms with Crippen molar-refractivity contribution in [2.24, 2.45) is 5.41 Å². The molecule has 0 aliphatic rings. The lowest BCUT2D eigenvalue weighted by Crippen LogP contribution is -2.25. The Hall–Kier alpha value is -4.28. The van der Waals surface area contributed by atoms with Crippen LogP contribution in [0, 0.1) is 11.2 Å². The highest BCUT2D eigenvalue weighted by molar-refractivity contribution is 5.99. The van der Waals surface area contributed by atoms with E-state index in [1.807, 2.05) is 13.8 Å². The largest absolute Gasteiger partial charge is 0.368 e. The van der Waals surface area contributed by atoms with Gasteiger partial charge in [-0.2, -0.15) is 10.1 Å². The van der Waals surface area contributed by atoms with Gasteiger partial charge in [-0.3, -0.25) is 19.8 Å². The van der Waals surface area contributed by atoms with Crippen LogP contribution < -0.4 is 21.9 Å². The Morgan fingerprint density at radius 1 is 1.19 bits per heavy atom. The maximum atomic E-state index is 14.6. The number of aromatic nitrogens is 5. The van der Waals surface area contributed by atoms with Crippen LogP contribution in [0.25, 0.3) is 22.2 Å². The molecule has 0 fully saturated rings. The van der Waals surface area contributed by atoms with E-state index in [4.69, 9.17) is 5.73 Å². The fourth-order valence-electron chi connectivity index (χ4n) is 3.97. The van der Waals surface area contributed by atoms with Crippen LogP contribution in [0.1, 0.15) is 46.4 Å². The van der Waals surface area contributed by atoms with Crippen molar-refractivity contribution in [3.63, 3.8) is 0 Å². The first-order valence-corrected chi connectivity index (χ1v) is 11.5. The zero-order valence-corrected chi connectivity index (χ0v) is 20.8. The molecule has 0 unspecified atom stereocenters. The lowest BCUT2D eigenvalue weighted by atomic mass is 9.91. The minimum atomic E-state index is -0.665. The molecule has 188 valence electrons. The first-order valence-electron chi connectivity index (χ1n) is 11.5. The number of hydrogen-bond donors (Lipinski definition) is 4. The number of carbonyl (C=O) groups excluding carboxylic acids is 1. The van der Waals surface area contributed by atoms with Crippen molar-refractivity contribution in [1.29, 1.82) is 0 Å². The average Bonchev–Trinajstić information content (AvgIpc) is 3.19. The summed E-state index contributed by atoms with van der Waals surface area (Å²) in [5.41, 5.74) is 7.39. The molecule has 0 aliphatic heterocycles. The van der Waals surface area contributed by atoms with Gasteiger partial charge in [-0.1, -0.05) is 26.8 Å². The maximum absolute atomic E-state index is 14.6. The SMILES string of the molecule is CC(C)n1c(=O)c(-c2ccc(F)c(NC(=O)Nc3cc(CC(C)(C)C)[nH]n3)c2)cc2cnc(N)nc21. The van der Waals surface area contributed by atoms with Crippen LogP contribution in [0.3, 0.4) is 0 Å². The van der Waals surface area contributed by atoms with Crippen LogP contribution in [0.2, 0.25) is 0 Å². The van der Waals surface area contributed by atoms with E-state index in [-0.39, 0.29) is 28.7 Å². The number of hydrogen-bond acceptors (Lipinski definition) is 6. The lowest BCUT2D eigenvalue weighted by molar-refractivity contribution is 0.262. The van der Waals surface area contributed by atoms with Crippen molar-refractivity contribution in [3.05, 3.63) is 58.4 Å². The smallest absolute Gasteiger partial charge is 0.324 e. The third-order valence-electron chi connectivity index (χ3n) is 5.43. The third kappa shape index (κ3) is 5.35. The Morgan fingerprint density at radius 2 is 1.94 bits per heavy atom. The topological polar surface area (TPSA) is 144 Å². The molecule has 0 aliphatic carbocycles. The van der Waals surface area contributed by atoms with E-state index in [2.05, 4.69) is 51.6 Å². The van der Waals surface area contributed by atoms with Crippen LogP contribution in [0.4, 0.5) is 26.6 Å². The molecule has 1 aromatic carbocycles. The van der Waals surface area contributed by atoms with Crippen molar-refractivity contribution in [2.75, 3.05) is 16.4 Å². The van der Waals surface area contributed by atoms with Crippen molar-refractivity contribution >= 4 is 34.5 Å². The first-order chi connectivity index (χ1) is 16.9. The fraction of sp³-hybridized carbons (Fsp3) is 0.320.